The maximum Gasteiger partial charge on any atom is 0.0414 e. The quantitative estimate of drug-likeness (QED) is 0.803. The van der Waals surface area contributed by atoms with Gasteiger partial charge < -0.3 is 10.2 Å². The lowest BCUT2D eigenvalue weighted by Gasteiger charge is -2.29. The molecule has 0 heterocycles. The van der Waals surface area contributed by atoms with E-state index in [1.54, 1.807) is 0 Å². The summed E-state index contributed by atoms with van der Waals surface area (Å²) >= 11 is 0. The first-order chi connectivity index (χ1) is 9.11. The fourth-order valence-corrected chi connectivity index (χ4v) is 2.62. The van der Waals surface area contributed by atoms with Gasteiger partial charge in [-0.15, -0.1) is 0 Å². The van der Waals surface area contributed by atoms with E-state index in [1.165, 1.54) is 36.2 Å². The molecule has 1 aliphatic carbocycles. The molecule has 0 bridgehead atoms. The van der Waals surface area contributed by atoms with Crippen LogP contribution in [0.3, 0.4) is 0 Å². The van der Waals surface area contributed by atoms with Crippen molar-refractivity contribution in [1.82, 2.24) is 5.32 Å². The molecule has 1 aromatic rings. The molecule has 2 rings (SSSR count). The van der Waals surface area contributed by atoms with E-state index < -0.39 is 0 Å². The molecular formula is C17H28N2. The summed E-state index contributed by atoms with van der Waals surface area (Å²) in [5.74, 6) is 0.717. The van der Waals surface area contributed by atoms with Crippen molar-refractivity contribution in [1.29, 1.82) is 0 Å². The highest BCUT2D eigenvalue weighted by Gasteiger charge is 2.30. The third kappa shape index (κ3) is 3.97. The number of anilines is 1. The number of benzene rings is 1. The second kappa shape index (κ2) is 6.42. The van der Waals surface area contributed by atoms with Crippen LogP contribution in [-0.2, 0) is 6.54 Å². The van der Waals surface area contributed by atoms with Crippen molar-refractivity contribution in [3.05, 3.63) is 29.3 Å². The molecule has 0 aliphatic heterocycles. The molecule has 106 valence electrons. The van der Waals surface area contributed by atoms with Crippen LogP contribution in [0.2, 0.25) is 0 Å². The van der Waals surface area contributed by atoms with Crippen molar-refractivity contribution in [3.63, 3.8) is 0 Å². The van der Waals surface area contributed by atoms with Crippen LogP contribution in [-0.4, -0.2) is 19.1 Å². The molecule has 1 fully saturated rings. The van der Waals surface area contributed by atoms with E-state index in [9.17, 15) is 0 Å². The van der Waals surface area contributed by atoms with Gasteiger partial charge in [0.15, 0.2) is 0 Å². The summed E-state index contributed by atoms with van der Waals surface area (Å²) < 4.78 is 0. The van der Waals surface area contributed by atoms with Gasteiger partial charge in [-0.25, -0.2) is 0 Å². The second-order valence-corrected chi connectivity index (χ2v) is 6.19. The Bertz CT molecular complexity index is 408. The molecule has 0 aromatic heterocycles. The predicted molar refractivity (Wildman–Crippen MR) is 83.8 cm³/mol. The second-order valence-electron chi connectivity index (χ2n) is 6.19. The molecule has 1 aromatic carbocycles. The highest BCUT2D eigenvalue weighted by Crippen LogP contribution is 2.34. The Morgan fingerprint density at radius 1 is 1.32 bits per heavy atom. The summed E-state index contributed by atoms with van der Waals surface area (Å²) in [6, 6.07) is 7.70. The van der Waals surface area contributed by atoms with Crippen LogP contribution in [0, 0.1) is 12.8 Å². The zero-order chi connectivity index (χ0) is 13.8. The van der Waals surface area contributed by atoms with Crippen LogP contribution in [0.15, 0.2) is 18.2 Å². The summed E-state index contributed by atoms with van der Waals surface area (Å²) in [6.07, 6.45) is 2.72. The Morgan fingerprint density at radius 3 is 2.63 bits per heavy atom. The van der Waals surface area contributed by atoms with E-state index in [-0.39, 0.29) is 0 Å². The number of nitrogens with one attached hydrogen (secondary N) is 1. The Hall–Kier alpha value is -1.02. The lowest BCUT2D eigenvalue weighted by atomic mass is 10.1. The molecule has 0 unspecified atom stereocenters. The van der Waals surface area contributed by atoms with Gasteiger partial charge in [0.1, 0.15) is 0 Å². The fourth-order valence-electron chi connectivity index (χ4n) is 2.62. The van der Waals surface area contributed by atoms with Crippen LogP contribution in [0.5, 0.6) is 0 Å². The third-order valence-corrected chi connectivity index (χ3v) is 3.66. The van der Waals surface area contributed by atoms with Crippen LogP contribution in [0.25, 0.3) is 0 Å². The maximum absolute atomic E-state index is 3.47. The minimum absolute atomic E-state index is 0.717. The van der Waals surface area contributed by atoms with Crippen LogP contribution in [0.4, 0.5) is 5.69 Å². The summed E-state index contributed by atoms with van der Waals surface area (Å²) in [4.78, 5) is 2.64. The molecular weight excluding hydrogens is 232 g/mol. The molecule has 0 spiro atoms. The lowest BCUT2D eigenvalue weighted by molar-refractivity contribution is 0.603. The van der Waals surface area contributed by atoms with Gasteiger partial charge >= 0.3 is 0 Å². The number of aryl methyl sites for hydroxylation is 1. The van der Waals surface area contributed by atoms with Crippen molar-refractivity contribution in [3.8, 4) is 0 Å². The van der Waals surface area contributed by atoms with Gasteiger partial charge in [0.2, 0.25) is 0 Å². The summed E-state index contributed by atoms with van der Waals surface area (Å²) in [7, 11) is 0. The summed E-state index contributed by atoms with van der Waals surface area (Å²) in [6.45, 7) is 12.2. The standard InChI is InChI=1S/C17H28N2/c1-5-18-11-15-10-14(4)6-9-17(15)19(12-13(2)3)16-7-8-16/h6,9-10,13,16,18H,5,7-8,11-12H2,1-4H3. The Morgan fingerprint density at radius 2 is 2.05 bits per heavy atom. The molecule has 1 saturated carbocycles. The fraction of sp³-hybridized carbons (Fsp3) is 0.647. The van der Waals surface area contributed by atoms with E-state index in [2.05, 4.69) is 56.1 Å². The number of hydrogen-bond acceptors (Lipinski definition) is 2. The average Bonchev–Trinajstić information content (AvgIpc) is 3.18. The monoisotopic (exact) mass is 260 g/mol. The van der Waals surface area contributed by atoms with Crippen molar-refractivity contribution in [2.24, 2.45) is 5.92 Å². The minimum Gasteiger partial charge on any atom is -0.368 e. The largest absolute Gasteiger partial charge is 0.368 e. The zero-order valence-electron chi connectivity index (χ0n) is 12.9. The van der Waals surface area contributed by atoms with Gasteiger partial charge in [-0.1, -0.05) is 38.5 Å². The average molecular weight is 260 g/mol. The molecule has 0 radical (unpaired) electrons. The maximum atomic E-state index is 3.47. The number of rotatable bonds is 7. The Kier molecular flexibility index (Phi) is 4.87. The van der Waals surface area contributed by atoms with Crippen LogP contribution >= 0.6 is 0 Å². The van der Waals surface area contributed by atoms with Gasteiger partial charge in [-0.2, -0.15) is 0 Å². The molecule has 1 N–H and O–H groups in total. The topological polar surface area (TPSA) is 15.3 Å². The Labute approximate surface area is 118 Å². The summed E-state index contributed by atoms with van der Waals surface area (Å²) in [5, 5.41) is 3.47. The number of hydrogen-bond donors (Lipinski definition) is 1. The summed E-state index contributed by atoms with van der Waals surface area (Å²) in [5.41, 5.74) is 4.26. The van der Waals surface area contributed by atoms with E-state index in [1.807, 2.05) is 0 Å². The third-order valence-electron chi connectivity index (χ3n) is 3.66. The van der Waals surface area contributed by atoms with E-state index in [4.69, 9.17) is 0 Å². The lowest BCUT2D eigenvalue weighted by Crippen LogP contribution is -2.31. The SMILES string of the molecule is CCNCc1cc(C)ccc1N(CC(C)C)C1CC1. The molecule has 0 saturated heterocycles. The predicted octanol–water partition coefficient (Wildman–Crippen LogP) is 3.73. The first-order valence-corrected chi connectivity index (χ1v) is 7.68. The van der Waals surface area contributed by atoms with Crippen molar-refractivity contribution in [2.75, 3.05) is 18.0 Å². The Balaban J connectivity index is 2.23. The molecule has 0 amide bonds. The van der Waals surface area contributed by atoms with E-state index in [0.717, 1.165) is 19.1 Å². The van der Waals surface area contributed by atoms with Gasteiger partial charge in [0.25, 0.3) is 0 Å². The van der Waals surface area contributed by atoms with Crippen molar-refractivity contribution in [2.45, 2.75) is 53.1 Å². The van der Waals surface area contributed by atoms with Gasteiger partial charge in [-0.3, -0.25) is 0 Å². The minimum atomic E-state index is 0.717. The van der Waals surface area contributed by atoms with Crippen LogP contribution < -0.4 is 10.2 Å². The van der Waals surface area contributed by atoms with E-state index in [0.29, 0.717) is 5.92 Å². The molecule has 19 heavy (non-hydrogen) atoms. The number of nitrogens with zero attached hydrogens (tertiary/aromatic N) is 1. The first kappa shape index (κ1) is 14.4. The smallest absolute Gasteiger partial charge is 0.0414 e. The molecule has 1 aliphatic rings. The van der Waals surface area contributed by atoms with Crippen molar-refractivity contribution >= 4 is 5.69 Å². The molecule has 2 nitrogen and oxygen atoms in total. The van der Waals surface area contributed by atoms with Crippen LogP contribution in [0.1, 0.15) is 44.7 Å². The van der Waals surface area contributed by atoms with Gasteiger partial charge in [0, 0.05) is 24.8 Å². The zero-order valence-corrected chi connectivity index (χ0v) is 12.9. The van der Waals surface area contributed by atoms with Crippen molar-refractivity contribution < 1.29 is 0 Å². The van der Waals surface area contributed by atoms with Gasteiger partial charge in [-0.05, 0) is 43.9 Å². The molecule has 2 heteroatoms. The molecule has 0 atom stereocenters. The van der Waals surface area contributed by atoms with Gasteiger partial charge in [0.05, 0.1) is 0 Å². The van der Waals surface area contributed by atoms with E-state index >= 15 is 0 Å². The first-order valence-electron chi connectivity index (χ1n) is 7.68. The highest BCUT2D eigenvalue weighted by atomic mass is 15.2. The normalized spacial score (nSPS) is 15.0. The highest BCUT2D eigenvalue weighted by molar-refractivity contribution is 5.56.